The molecule has 0 saturated heterocycles. The number of benzene rings is 1. The second-order valence-corrected chi connectivity index (χ2v) is 5.66. The third-order valence-electron chi connectivity index (χ3n) is 4.02. The van der Waals surface area contributed by atoms with E-state index in [1.807, 2.05) is 12.1 Å². The van der Waals surface area contributed by atoms with Gasteiger partial charge in [0.05, 0.1) is 11.1 Å². The van der Waals surface area contributed by atoms with E-state index < -0.39 is 0 Å². The van der Waals surface area contributed by atoms with Crippen LogP contribution in [0.4, 0.5) is 0 Å². The minimum atomic E-state index is -0.333. The third-order valence-corrected chi connectivity index (χ3v) is 4.02. The fraction of sp³-hybridized carbons (Fsp3) is 0.222. The number of rotatable bonds is 5. The van der Waals surface area contributed by atoms with Gasteiger partial charge in [0.1, 0.15) is 0 Å². The van der Waals surface area contributed by atoms with Crippen molar-refractivity contribution < 1.29 is 14.4 Å². The van der Waals surface area contributed by atoms with Gasteiger partial charge in [-0.3, -0.25) is 24.3 Å². The van der Waals surface area contributed by atoms with Crippen molar-refractivity contribution in [2.45, 2.75) is 13.0 Å². The van der Waals surface area contributed by atoms with Crippen molar-refractivity contribution in [1.29, 1.82) is 0 Å². The molecule has 0 aliphatic carbocycles. The highest BCUT2D eigenvalue weighted by Crippen LogP contribution is 2.22. The van der Waals surface area contributed by atoms with Gasteiger partial charge in [-0.15, -0.1) is 0 Å². The number of pyridine rings is 1. The van der Waals surface area contributed by atoms with Crippen LogP contribution in [0.2, 0.25) is 0 Å². The van der Waals surface area contributed by atoms with Crippen LogP contribution in [-0.4, -0.2) is 46.1 Å². The molecule has 0 spiro atoms. The Balaban J connectivity index is 1.59. The Morgan fingerprint density at radius 3 is 2.21 bits per heavy atom. The number of hydrogen-bond donors (Lipinski definition) is 0. The van der Waals surface area contributed by atoms with Crippen molar-refractivity contribution in [2.24, 2.45) is 0 Å². The summed E-state index contributed by atoms with van der Waals surface area (Å²) >= 11 is 0. The maximum absolute atomic E-state index is 12.3. The van der Waals surface area contributed by atoms with Crippen LogP contribution in [0.15, 0.2) is 48.8 Å². The van der Waals surface area contributed by atoms with Crippen molar-refractivity contribution in [1.82, 2.24) is 14.8 Å². The molecule has 0 unspecified atom stereocenters. The lowest BCUT2D eigenvalue weighted by Crippen LogP contribution is -2.35. The fourth-order valence-corrected chi connectivity index (χ4v) is 2.69. The van der Waals surface area contributed by atoms with E-state index in [-0.39, 0.29) is 30.7 Å². The minimum absolute atomic E-state index is 0.0892. The molecule has 24 heavy (non-hydrogen) atoms. The van der Waals surface area contributed by atoms with E-state index in [0.29, 0.717) is 17.7 Å². The second-order valence-electron chi connectivity index (χ2n) is 5.66. The van der Waals surface area contributed by atoms with E-state index in [1.54, 1.807) is 48.6 Å². The lowest BCUT2D eigenvalue weighted by molar-refractivity contribution is -0.130. The number of hydrogen-bond acceptors (Lipinski definition) is 4. The highest BCUT2D eigenvalue weighted by molar-refractivity contribution is 6.21. The van der Waals surface area contributed by atoms with Crippen LogP contribution >= 0.6 is 0 Å². The summed E-state index contributed by atoms with van der Waals surface area (Å²) in [5, 5.41) is 0. The maximum atomic E-state index is 12.3. The van der Waals surface area contributed by atoms with Crippen molar-refractivity contribution >= 4 is 17.7 Å². The summed E-state index contributed by atoms with van der Waals surface area (Å²) in [5.74, 6) is -0.788. The number of nitrogens with zero attached hydrogens (tertiary/aromatic N) is 3. The molecule has 0 bridgehead atoms. The monoisotopic (exact) mass is 323 g/mol. The first-order chi connectivity index (χ1) is 11.6. The average molecular weight is 323 g/mol. The molecule has 1 aromatic heterocycles. The first-order valence-corrected chi connectivity index (χ1v) is 7.66. The van der Waals surface area contributed by atoms with E-state index in [1.165, 1.54) is 0 Å². The summed E-state index contributed by atoms with van der Waals surface area (Å²) in [6, 6.07) is 10.4. The molecule has 3 rings (SSSR count). The average Bonchev–Trinajstić information content (AvgIpc) is 2.85. The van der Waals surface area contributed by atoms with Gasteiger partial charge >= 0.3 is 0 Å². The topological polar surface area (TPSA) is 70.6 Å². The standard InChI is InChI=1S/C18H17N3O3/c1-20(12-13-6-9-19-10-7-13)16(22)8-11-21-17(23)14-4-2-3-5-15(14)18(21)24/h2-7,9-10H,8,11-12H2,1H3. The van der Waals surface area contributed by atoms with Gasteiger partial charge in [0.15, 0.2) is 0 Å². The molecule has 6 nitrogen and oxygen atoms in total. The summed E-state index contributed by atoms with van der Waals surface area (Å²) < 4.78 is 0. The largest absolute Gasteiger partial charge is 0.341 e. The van der Waals surface area contributed by atoms with Crippen molar-refractivity contribution in [3.63, 3.8) is 0 Å². The van der Waals surface area contributed by atoms with Crippen LogP contribution in [-0.2, 0) is 11.3 Å². The Labute approximate surface area is 139 Å². The molecule has 122 valence electrons. The molecule has 2 aromatic rings. The molecule has 1 aromatic carbocycles. The summed E-state index contributed by atoms with van der Waals surface area (Å²) in [7, 11) is 1.70. The molecule has 1 aliphatic rings. The summed E-state index contributed by atoms with van der Waals surface area (Å²) in [4.78, 5) is 43.4. The zero-order valence-corrected chi connectivity index (χ0v) is 13.3. The maximum Gasteiger partial charge on any atom is 0.261 e. The second kappa shape index (κ2) is 6.62. The van der Waals surface area contributed by atoms with E-state index in [2.05, 4.69) is 4.98 Å². The molecule has 0 atom stereocenters. The molecule has 1 aliphatic heterocycles. The smallest absolute Gasteiger partial charge is 0.261 e. The van der Waals surface area contributed by atoms with Gasteiger partial charge in [0.2, 0.25) is 5.91 Å². The lowest BCUT2D eigenvalue weighted by Gasteiger charge is -2.19. The van der Waals surface area contributed by atoms with Gasteiger partial charge in [-0.2, -0.15) is 0 Å². The number of fused-ring (bicyclic) bond motifs is 1. The number of aromatic nitrogens is 1. The third kappa shape index (κ3) is 3.03. The highest BCUT2D eigenvalue weighted by atomic mass is 16.2. The zero-order chi connectivity index (χ0) is 17.1. The van der Waals surface area contributed by atoms with Crippen LogP contribution in [0.25, 0.3) is 0 Å². The Kier molecular flexibility index (Phi) is 4.37. The first kappa shape index (κ1) is 15.9. The lowest BCUT2D eigenvalue weighted by atomic mass is 10.1. The first-order valence-electron chi connectivity index (χ1n) is 7.66. The van der Waals surface area contributed by atoms with Gasteiger partial charge in [0, 0.05) is 39.0 Å². The quantitative estimate of drug-likeness (QED) is 0.786. The molecule has 0 fully saturated rings. The van der Waals surface area contributed by atoms with Crippen molar-refractivity contribution in [2.75, 3.05) is 13.6 Å². The van der Waals surface area contributed by atoms with Gasteiger partial charge in [-0.05, 0) is 29.8 Å². The predicted octanol–water partition coefficient (Wildman–Crippen LogP) is 1.73. The van der Waals surface area contributed by atoms with Crippen LogP contribution in [0.1, 0.15) is 32.7 Å². The summed E-state index contributed by atoms with van der Waals surface area (Å²) in [6.07, 6.45) is 3.45. The van der Waals surface area contributed by atoms with Crippen molar-refractivity contribution in [3.05, 3.63) is 65.5 Å². The van der Waals surface area contributed by atoms with E-state index >= 15 is 0 Å². The summed E-state index contributed by atoms with van der Waals surface area (Å²) in [5.41, 5.74) is 1.78. The normalized spacial score (nSPS) is 13.1. The van der Waals surface area contributed by atoms with Crippen LogP contribution < -0.4 is 0 Å². The Morgan fingerprint density at radius 1 is 1.04 bits per heavy atom. The molecular formula is C18H17N3O3. The summed E-state index contributed by atoms with van der Waals surface area (Å²) in [6.45, 7) is 0.551. The molecule has 0 radical (unpaired) electrons. The highest BCUT2D eigenvalue weighted by Gasteiger charge is 2.35. The van der Waals surface area contributed by atoms with E-state index in [4.69, 9.17) is 0 Å². The Morgan fingerprint density at radius 2 is 1.62 bits per heavy atom. The van der Waals surface area contributed by atoms with Crippen LogP contribution in [0.3, 0.4) is 0 Å². The number of amides is 3. The van der Waals surface area contributed by atoms with Gasteiger partial charge in [-0.25, -0.2) is 0 Å². The number of imide groups is 1. The predicted molar refractivity (Wildman–Crippen MR) is 87.1 cm³/mol. The molecule has 2 heterocycles. The van der Waals surface area contributed by atoms with Crippen LogP contribution in [0, 0.1) is 0 Å². The van der Waals surface area contributed by atoms with Gasteiger partial charge in [-0.1, -0.05) is 12.1 Å². The van der Waals surface area contributed by atoms with E-state index in [9.17, 15) is 14.4 Å². The minimum Gasteiger partial charge on any atom is -0.341 e. The van der Waals surface area contributed by atoms with Gasteiger partial charge < -0.3 is 4.90 Å². The van der Waals surface area contributed by atoms with Gasteiger partial charge in [0.25, 0.3) is 11.8 Å². The Hall–Kier alpha value is -3.02. The number of carbonyl (C=O) groups excluding carboxylic acids is 3. The molecule has 6 heteroatoms. The number of carbonyl (C=O) groups is 3. The zero-order valence-electron chi connectivity index (χ0n) is 13.3. The molecular weight excluding hydrogens is 306 g/mol. The molecule has 3 amide bonds. The SMILES string of the molecule is CN(Cc1ccncc1)C(=O)CCN1C(=O)c2ccccc2C1=O. The Bertz CT molecular complexity index is 754. The molecule has 0 N–H and O–H groups in total. The van der Waals surface area contributed by atoms with Crippen LogP contribution in [0.5, 0.6) is 0 Å². The van der Waals surface area contributed by atoms with E-state index in [0.717, 1.165) is 10.5 Å². The molecule has 0 saturated carbocycles. The fourth-order valence-electron chi connectivity index (χ4n) is 2.69. The van der Waals surface area contributed by atoms with Crippen molar-refractivity contribution in [3.8, 4) is 0 Å².